The summed E-state index contributed by atoms with van der Waals surface area (Å²) in [7, 11) is 0. The average Bonchev–Trinajstić information content (AvgIpc) is 2.32. The number of halogens is 1. The lowest BCUT2D eigenvalue weighted by atomic mass is 9.93. The van der Waals surface area contributed by atoms with Crippen molar-refractivity contribution in [3.8, 4) is 0 Å². The first-order chi connectivity index (χ1) is 8.54. The van der Waals surface area contributed by atoms with Crippen LogP contribution in [0.2, 0.25) is 0 Å². The Balaban J connectivity index is 2.27. The van der Waals surface area contributed by atoms with E-state index in [1.807, 2.05) is 12.1 Å². The number of hydrogen-bond acceptors (Lipinski definition) is 2. The van der Waals surface area contributed by atoms with E-state index in [1.54, 1.807) is 6.07 Å². The number of benzene rings is 1. The van der Waals surface area contributed by atoms with Gasteiger partial charge in [0, 0.05) is 31.2 Å². The first kappa shape index (κ1) is 13.5. The van der Waals surface area contributed by atoms with Gasteiger partial charge in [-0.3, -0.25) is 4.90 Å². The zero-order chi connectivity index (χ0) is 13.2. The van der Waals surface area contributed by atoms with Crippen molar-refractivity contribution in [3.05, 3.63) is 35.6 Å². The summed E-state index contributed by atoms with van der Waals surface area (Å²) in [5.74, 6) is -0.140. The van der Waals surface area contributed by atoms with Crippen molar-refractivity contribution in [1.29, 1.82) is 0 Å². The Morgan fingerprint density at radius 3 is 2.83 bits per heavy atom. The molecule has 0 aliphatic carbocycles. The highest BCUT2D eigenvalue weighted by molar-refractivity contribution is 5.21. The van der Waals surface area contributed by atoms with Gasteiger partial charge in [-0.15, -0.1) is 0 Å². The minimum Gasteiger partial charge on any atom is -0.314 e. The van der Waals surface area contributed by atoms with Crippen LogP contribution in [0, 0.1) is 5.82 Å². The molecule has 0 bridgehead atoms. The predicted molar refractivity (Wildman–Crippen MR) is 73.1 cm³/mol. The fourth-order valence-electron chi connectivity index (χ4n) is 2.93. The summed E-state index contributed by atoms with van der Waals surface area (Å²) in [5, 5.41) is 3.43. The van der Waals surface area contributed by atoms with Gasteiger partial charge in [-0.25, -0.2) is 4.39 Å². The smallest absolute Gasteiger partial charge is 0.123 e. The summed E-state index contributed by atoms with van der Waals surface area (Å²) >= 11 is 0. The summed E-state index contributed by atoms with van der Waals surface area (Å²) in [4.78, 5) is 2.50. The first-order valence-corrected chi connectivity index (χ1v) is 6.77. The summed E-state index contributed by atoms with van der Waals surface area (Å²) in [6, 6.07) is 7.33. The summed E-state index contributed by atoms with van der Waals surface area (Å²) in [6.07, 6.45) is 1.01. The Morgan fingerprint density at radius 2 is 2.22 bits per heavy atom. The summed E-state index contributed by atoms with van der Waals surface area (Å²) in [5.41, 5.74) is 1.21. The van der Waals surface area contributed by atoms with Crippen LogP contribution in [-0.2, 0) is 0 Å². The van der Waals surface area contributed by atoms with Gasteiger partial charge in [0.1, 0.15) is 5.82 Å². The van der Waals surface area contributed by atoms with Crippen molar-refractivity contribution in [2.75, 3.05) is 19.6 Å². The van der Waals surface area contributed by atoms with Gasteiger partial charge in [-0.05, 0) is 38.0 Å². The molecule has 0 spiro atoms. The highest BCUT2D eigenvalue weighted by atomic mass is 19.1. The van der Waals surface area contributed by atoms with E-state index in [9.17, 15) is 4.39 Å². The van der Waals surface area contributed by atoms with Gasteiger partial charge in [0.05, 0.1) is 0 Å². The second-order valence-corrected chi connectivity index (χ2v) is 5.66. The minimum absolute atomic E-state index is 0.116. The third-order valence-corrected chi connectivity index (χ3v) is 3.86. The molecule has 1 saturated heterocycles. The molecule has 100 valence electrons. The number of nitrogens with one attached hydrogen (secondary N) is 1. The Morgan fingerprint density at radius 1 is 1.44 bits per heavy atom. The Kier molecular flexibility index (Phi) is 4.03. The number of hydrogen-bond donors (Lipinski definition) is 1. The van der Waals surface area contributed by atoms with E-state index in [-0.39, 0.29) is 11.4 Å². The second kappa shape index (κ2) is 5.37. The fraction of sp³-hybridized carbons (Fsp3) is 0.600. The van der Waals surface area contributed by atoms with E-state index in [2.05, 4.69) is 31.0 Å². The predicted octanol–water partition coefficient (Wildman–Crippen LogP) is 2.96. The lowest BCUT2D eigenvalue weighted by Gasteiger charge is -2.47. The third kappa shape index (κ3) is 2.73. The topological polar surface area (TPSA) is 15.3 Å². The van der Waals surface area contributed by atoms with Gasteiger partial charge in [0.2, 0.25) is 0 Å². The zero-order valence-electron chi connectivity index (χ0n) is 11.5. The molecule has 0 radical (unpaired) electrons. The third-order valence-electron chi connectivity index (χ3n) is 3.86. The van der Waals surface area contributed by atoms with Crippen LogP contribution in [0.5, 0.6) is 0 Å². The van der Waals surface area contributed by atoms with Gasteiger partial charge in [0.15, 0.2) is 0 Å². The number of piperazine rings is 1. The van der Waals surface area contributed by atoms with E-state index in [4.69, 9.17) is 0 Å². The van der Waals surface area contributed by atoms with Crippen LogP contribution in [-0.4, -0.2) is 30.1 Å². The first-order valence-electron chi connectivity index (χ1n) is 6.77. The maximum Gasteiger partial charge on any atom is 0.123 e. The molecule has 1 aromatic carbocycles. The molecule has 2 nitrogen and oxygen atoms in total. The lowest BCUT2D eigenvalue weighted by Crippen LogP contribution is -2.58. The maximum absolute atomic E-state index is 13.4. The highest BCUT2D eigenvalue weighted by Gasteiger charge is 2.34. The molecule has 0 aromatic heterocycles. The summed E-state index contributed by atoms with van der Waals surface area (Å²) in [6.45, 7) is 9.69. The molecule has 1 N–H and O–H groups in total. The molecule has 0 saturated carbocycles. The van der Waals surface area contributed by atoms with Crippen LogP contribution in [0.1, 0.15) is 38.8 Å². The van der Waals surface area contributed by atoms with Crippen LogP contribution < -0.4 is 5.32 Å². The number of rotatable bonds is 3. The van der Waals surface area contributed by atoms with Crippen molar-refractivity contribution in [1.82, 2.24) is 10.2 Å². The molecule has 1 aliphatic heterocycles. The standard InChI is InChI=1S/C15H23FN2/c1-4-14(12-6-5-7-13(16)10-12)18-9-8-17-11-15(18,2)3/h5-7,10,14,17H,4,8-9,11H2,1-3H3. The molecule has 2 rings (SSSR count). The van der Waals surface area contributed by atoms with Crippen molar-refractivity contribution in [2.45, 2.75) is 38.8 Å². The summed E-state index contributed by atoms with van der Waals surface area (Å²) < 4.78 is 13.4. The molecule has 1 aromatic rings. The minimum atomic E-state index is -0.140. The Labute approximate surface area is 109 Å². The van der Waals surface area contributed by atoms with Crippen LogP contribution >= 0.6 is 0 Å². The largest absolute Gasteiger partial charge is 0.314 e. The van der Waals surface area contributed by atoms with Crippen LogP contribution in [0.4, 0.5) is 4.39 Å². The molecule has 18 heavy (non-hydrogen) atoms. The van der Waals surface area contributed by atoms with Gasteiger partial charge >= 0.3 is 0 Å². The molecule has 1 fully saturated rings. The Bertz CT molecular complexity index is 403. The average molecular weight is 250 g/mol. The monoisotopic (exact) mass is 250 g/mol. The van der Waals surface area contributed by atoms with Crippen molar-refractivity contribution in [3.63, 3.8) is 0 Å². The van der Waals surface area contributed by atoms with Crippen LogP contribution in [0.25, 0.3) is 0 Å². The fourth-order valence-corrected chi connectivity index (χ4v) is 2.93. The zero-order valence-corrected chi connectivity index (χ0v) is 11.5. The van der Waals surface area contributed by atoms with E-state index in [1.165, 1.54) is 6.07 Å². The molecule has 1 unspecified atom stereocenters. The highest BCUT2D eigenvalue weighted by Crippen LogP contribution is 2.31. The van der Waals surface area contributed by atoms with E-state index < -0.39 is 0 Å². The Hall–Kier alpha value is -0.930. The molecule has 3 heteroatoms. The SMILES string of the molecule is CCC(c1cccc(F)c1)N1CCNCC1(C)C. The van der Waals surface area contributed by atoms with Crippen molar-refractivity contribution in [2.24, 2.45) is 0 Å². The molecular formula is C15H23FN2. The molecule has 1 aliphatic rings. The normalized spacial score (nSPS) is 21.8. The number of nitrogens with zero attached hydrogens (tertiary/aromatic N) is 1. The van der Waals surface area contributed by atoms with Gasteiger partial charge < -0.3 is 5.32 Å². The van der Waals surface area contributed by atoms with Gasteiger partial charge in [0.25, 0.3) is 0 Å². The molecule has 1 heterocycles. The molecule has 0 amide bonds. The lowest BCUT2D eigenvalue weighted by molar-refractivity contribution is 0.0420. The van der Waals surface area contributed by atoms with Gasteiger partial charge in [-0.2, -0.15) is 0 Å². The van der Waals surface area contributed by atoms with Crippen molar-refractivity contribution < 1.29 is 4.39 Å². The second-order valence-electron chi connectivity index (χ2n) is 5.66. The quantitative estimate of drug-likeness (QED) is 0.887. The molecular weight excluding hydrogens is 227 g/mol. The van der Waals surface area contributed by atoms with E-state index >= 15 is 0 Å². The molecule has 1 atom stereocenters. The van der Waals surface area contributed by atoms with Crippen LogP contribution in [0.3, 0.4) is 0 Å². The van der Waals surface area contributed by atoms with E-state index in [0.29, 0.717) is 6.04 Å². The van der Waals surface area contributed by atoms with Crippen molar-refractivity contribution >= 4 is 0 Å². The van der Waals surface area contributed by atoms with E-state index in [0.717, 1.165) is 31.6 Å². The maximum atomic E-state index is 13.4. The van der Waals surface area contributed by atoms with Gasteiger partial charge in [-0.1, -0.05) is 19.1 Å². The van der Waals surface area contributed by atoms with Crippen LogP contribution in [0.15, 0.2) is 24.3 Å².